The van der Waals surface area contributed by atoms with Gasteiger partial charge in [-0.3, -0.25) is 4.79 Å². The molecule has 2 aromatic rings. The van der Waals surface area contributed by atoms with Crippen molar-refractivity contribution in [3.63, 3.8) is 0 Å². The highest BCUT2D eigenvalue weighted by Gasteiger charge is 2.35. The summed E-state index contributed by atoms with van der Waals surface area (Å²) in [6, 6.07) is 16.8. The number of benzene rings is 2. The summed E-state index contributed by atoms with van der Waals surface area (Å²) in [6.07, 6.45) is 1.67. The molecule has 0 N–H and O–H groups in total. The van der Waals surface area contributed by atoms with Crippen LogP contribution in [0.1, 0.15) is 33.9 Å². The summed E-state index contributed by atoms with van der Waals surface area (Å²) < 4.78 is 0. The van der Waals surface area contributed by atoms with Crippen molar-refractivity contribution < 1.29 is 4.79 Å². The normalized spacial score (nSPS) is 20.5. The number of hydrogen-bond acceptors (Lipinski definition) is 2. The van der Waals surface area contributed by atoms with E-state index in [1.807, 2.05) is 18.2 Å². The molecule has 0 amide bonds. The third-order valence-electron chi connectivity index (χ3n) is 4.30. The summed E-state index contributed by atoms with van der Waals surface area (Å²) in [5.74, 6) is 0.272. The van der Waals surface area contributed by atoms with Crippen LogP contribution in [0.3, 0.4) is 0 Å². The summed E-state index contributed by atoms with van der Waals surface area (Å²) in [4.78, 5) is 14.7. The minimum absolute atomic E-state index is 0.229. The van der Waals surface area contributed by atoms with Gasteiger partial charge in [0.1, 0.15) is 0 Å². The van der Waals surface area contributed by atoms with Crippen LogP contribution in [0.15, 0.2) is 48.5 Å². The standard InChI is InChI=1S/C17H15NO/c19-17-11-16-13-6-2-1-5-12(13)9-10-18(16)15-8-4-3-7-14(15)17/h1-8,16H,9-11H2. The first-order valence-corrected chi connectivity index (χ1v) is 6.81. The Hall–Kier alpha value is -2.09. The fourth-order valence-electron chi connectivity index (χ4n) is 3.41. The monoisotopic (exact) mass is 249 g/mol. The lowest BCUT2D eigenvalue weighted by molar-refractivity contribution is 0.0965. The fourth-order valence-corrected chi connectivity index (χ4v) is 3.41. The molecule has 2 aliphatic heterocycles. The molecular weight excluding hydrogens is 234 g/mol. The van der Waals surface area contributed by atoms with Crippen LogP contribution in [0.2, 0.25) is 0 Å². The molecule has 2 nitrogen and oxygen atoms in total. The second-order valence-electron chi connectivity index (χ2n) is 5.30. The van der Waals surface area contributed by atoms with E-state index < -0.39 is 0 Å². The molecule has 0 radical (unpaired) electrons. The lowest BCUT2D eigenvalue weighted by atomic mass is 9.84. The number of para-hydroxylation sites is 1. The van der Waals surface area contributed by atoms with Crippen LogP contribution in [-0.4, -0.2) is 12.3 Å². The largest absolute Gasteiger partial charge is 0.363 e. The number of anilines is 1. The van der Waals surface area contributed by atoms with Crippen LogP contribution < -0.4 is 4.90 Å². The second kappa shape index (κ2) is 3.95. The Balaban J connectivity index is 1.88. The number of hydrogen-bond donors (Lipinski definition) is 0. The van der Waals surface area contributed by atoms with Crippen molar-refractivity contribution in [1.82, 2.24) is 0 Å². The van der Waals surface area contributed by atoms with E-state index in [9.17, 15) is 4.79 Å². The molecule has 1 atom stereocenters. The minimum Gasteiger partial charge on any atom is -0.363 e. The van der Waals surface area contributed by atoms with Crippen LogP contribution in [0.4, 0.5) is 5.69 Å². The number of nitrogens with zero attached hydrogens (tertiary/aromatic N) is 1. The molecule has 0 saturated carbocycles. The summed E-state index contributed by atoms with van der Waals surface area (Å²) in [5.41, 5.74) is 4.73. The van der Waals surface area contributed by atoms with Crippen molar-refractivity contribution in [2.75, 3.05) is 11.4 Å². The second-order valence-corrected chi connectivity index (χ2v) is 5.30. The summed E-state index contributed by atoms with van der Waals surface area (Å²) >= 11 is 0. The molecule has 0 aromatic heterocycles. The summed E-state index contributed by atoms with van der Waals surface area (Å²) in [7, 11) is 0. The third-order valence-corrected chi connectivity index (χ3v) is 4.30. The average Bonchev–Trinajstić information content (AvgIpc) is 2.47. The van der Waals surface area contributed by atoms with E-state index in [1.54, 1.807) is 0 Å². The Labute approximate surface area is 112 Å². The number of rotatable bonds is 0. The zero-order valence-corrected chi connectivity index (χ0v) is 10.7. The molecule has 0 bridgehead atoms. The number of Topliss-reactive ketones (excluding diaryl/α,β-unsaturated/α-hetero) is 1. The predicted octanol–water partition coefficient (Wildman–Crippen LogP) is 3.38. The first-order chi connectivity index (χ1) is 9.34. The highest BCUT2D eigenvalue weighted by Crippen LogP contribution is 2.41. The minimum atomic E-state index is 0.229. The zero-order chi connectivity index (χ0) is 12.8. The Bertz CT molecular complexity index is 662. The fraction of sp³-hybridized carbons (Fsp3) is 0.235. The maximum atomic E-state index is 12.3. The molecule has 0 fully saturated rings. The first-order valence-electron chi connectivity index (χ1n) is 6.81. The first kappa shape index (κ1) is 10.8. The van der Waals surface area contributed by atoms with E-state index in [0.717, 1.165) is 24.2 Å². The molecule has 2 aromatic carbocycles. The summed E-state index contributed by atoms with van der Waals surface area (Å²) in [5, 5.41) is 0. The van der Waals surface area contributed by atoms with Crippen molar-refractivity contribution >= 4 is 11.5 Å². The number of ketones is 1. The van der Waals surface area contributed by atoms with E-state index in [2.05, 4.69) is 35.2 Å². The molecule has 1 unspecified atom stereocenters. The SMILES string of the molecule is O=C1CC2c3ccccc3CCN2c2ccccc21. The van der Waals surface area contributed by atoms with Crippen molar-refractivity contribution in [2.45, 2.75) is 18.9 Å². The maximum absolute atomic E-state index is 12.3. The highest BCUT2D eigenvalue weighted by atomic mass is 16.1. The van der Waals surface area contributed by atoms with Crippen molar-refractivity contribution in [1.29, 1.82) is 0 Å². The van der Waals surface area contributed by atoms with Gasteiger partial charge in [0.15, 0.2) is 5.78 Å². The van der Waals surface area contributed by atoms with E-state index in [4.69, 9.17) is 0 Å². The highest BCUT2D eigenvalue weighted by molar-refractivity contribution is 6.04. The topological polar surface area (TPSA) is 20.3 Å². The molecule has 94 valence electrons. The van der Waals surface area contributed by atoms with Crippen LogP contribution in [0.5, 0.6) is 0 Å². The van der Waals surface area contributed by atoms with Crippen LogP contribution >= 0.6 is 0 Å². The van der Waals surface area contributed by atoms with Gasteiger partial charge in [-0.2, -0.15) is 0 Å². The van der Waals surface area contributed by atoms with E-state index >= 15 is 0 Å². The molecule has 0 aliphatic carbocycles. The van der Waals surface area contributed by atoms with Gasteiger partial charge in [0, 0.05) is 24.2 Å². The van der Waals surface area contributed by atoms with Gasteiger partial charge in [-0.1, -0.05) is 36.4 Å². The average molecular weight is 249 g/mol. The Kier molecular flexibility index (Phi) is 2.25. The Morgan fingerprint density at radius 3 is 2.74 bits per heavy atom. The number of carbonyl (C=O) groups is 1. The summed E-state index contributed by atoms with van der Waals surface area (Å²) in [6.45, 7) is 1.01. The van der Waals surface area contributed by atoms with Gasteiger partial charge in [0.2, 0.25) is 0 Å². The van der Waals surface area contributed by atoms with Gasteiger partial charge in [0.25, 0.3) is 0 Å². The molecule has 2 heteroatoms. The van der Waals surface area contributed by atoms with E-state index in [-0.39, 0.29) is 11.8 Å². The molecular formula is C17H15NO. The quantitative estimate of drug-likeness (QED) is 0.713. The van der Waals surface area contributed by atoms with Crippen molar-refractivity contribution in [3.8, 4) is 0 Å². The smallest absolute Gasteiger partial charge is 0.167 e. The molecule has 0 saturated heterocycles. The third kappa shape index (κ3) is 1.53. The molecule has 19 heavy (non-hydrogen) atoms. The predicted molar refractivity (Wildman–Crippen MR) is 75.6 cm³/mol. The van der Waals surface area contributed by atoms with E-state index in [0.29, 0.717) is 6.42 Å². The van der Waals surface area contributed by atoms with Crippen LogP contribution in [0, 0.1) is 0 Å². The number of carbonyl (C=O) groups excluding carboxylic acids is 1. The molecule has 0 spiro atoms. The van der Waals surface area contributed by atoms with Gasteiger partial charge >= 0.3 is 0 Å². The Morgan fingerprint density at radius 1 is 1.00 bits per heavy atom. The van der Waals surface area contributed by atoms with Crippen molar-refractivity contribution in [3.05, 3.63) is 65.2 Å². The lowest BCUT2D eigenvalue weighted by Gasteiger charge is -2.42. The lowest BCUT2D eigenvalue weighted by Crippen LogP contribution is -2.40. The molecule has 2 heterocycles. The van der Waals surface area contributed by atoms with Crippen molar-refractivity contribution in [2.24, 2.45) is 0 Å². The van der Waals surface area contributed by atoms with Crippen LogP contribution in [-0.2, 0) is 6.42 Å². The Morgan fingerprint density at radius 2 is 1.79 bits per heavy atom. The number of fused-ring (bicyclic) bond motifs is 5. The van der Waals surface area contributed by atoms with Gasteiger partial charge in [-0.05, 0) is 29.7 Å². The van der Waals surface area contributed by atoms with Gasteiger partial charge in [-0.15, -0.1) is 0 Å². The maximum Gasteiger partial charge on any atom is 0.167 e. The van der Waals surface area contributed by atoms with Crippen LogP contribution in [0.25, 0.3) is 0 Å². The van der Waals surface area contributed by atoms with Gasteiger partial charge in [-0.25, -0.2) is 0 Å². The van der Waals surface area contributed by atoms with Gasteiger partial charge < -0.3 is 4.90 Å². The molecule has 2 aliphatic rings. The molecule has 4 rings (SSSR count). The van der Waals surface area contributed by atoms with Gasteiger partial charge in [0.05, 0.1) is 6.04 Å². The van der Waals surface area contributed by atoms with E-state index in [1.165, 1.54) is 11.1 Å². The zero-order valence-electron chi connectivity index (χ0n) is 10.7.